The zero-order valence-electron chi connectivity index (χ0n) is 9.48. The van der Waals surface area contributed by atoms with E-state index in [0.29, 0.717) is 13.1 Å². The molecule has 0 aromatic heterocycles. The van der Waals surface area contributed by atoms with Gasteiger partial charge in [-0.1, -0.05) is 13.8 Å². The first-order valence-corrected chi connectivity index (χ1v) is 6.18. The van der Waals surface area contributed by atoms with Crippen LogP contribution in [0.15, 0.2) is 0 Å². The third kappa shape index (κ3) is 4.15. The van der Waals surface area contributed by atoms with Gasteiger partial charge in [0.15, 0.2) is 0 Å². The van der Waals surface area contributed by atoms with Gasteiger partial charge in [-0.15, -0.1) is 0 Å². The highest BCUT2D eigenvalue weighted by Crippen LogP contribution is 1.99. The van der Waals surface area contributed by atoms with E-state index in [2.05, 4.69) is 9.46 Å². The molecule has 1 N–H and O–H groups in total. The van der Waals surface area contributed by atoms with E-state index in [1.165, 1.54) is 18.3 Å². The van der Waals surface area contributed by atoms with Crippen molar-refractivity contribution in [3.05, 3.63) is 0 Å². The molecular formula is C8H18N2O4S. The molecular weight excluding hydrogens is 220 g/mol. The number of nitrogens with zero attached hydrogens (tertiary/aromatic N) is 1. The van der Waals surface area contributed by atoms with Crippen molar-refractivity contribution in [2.24, 2.45) is 0 Å². The minimum absolute atomic E-state index is 0.361. The lowest BCUT2D eigenvalue weighted by Crippen LogP contribution is -2.47. The summed E-state index contributed by atoms with van der Waals surface area (Å²) in [6.45, 7) is 5.61. The predicted octanol–water partition coefficient (Wildman–Crippen LogP) is -0.276. The number of rotatable bonds is 6. The third-order valence-electron chi connectivity index (χ3n) is 1.93. The Morgan fingerprint density at radius 2 is 1.87 bits per heavy atom. The first-order valence-electron chi connectivity index (χ1n) is 4.74. The van der Waals surface area contributed by atoms with Crippen LogP contribution in [0.5, 0.6) is 0 Å². The number of hydrogen-bond donors (Lipinski definition) is 1. The van der Waals surface area contributed by atoms with Gasteiger partial charge in [-0.3, -0.25) is 4.79 Å². The Morgan fingerprint density at radius 1 is 1.40 bits per heavy atom. The lowest BCUT2D eigenvalue weighted by Gasteiger charge is -2.20. The van der Waals surface area contributed by atoms with Crippen LogP contribution < -0.4 is 4.72 Å². The molecule has 90 valence electrons. The topological polar surface area (TPSA) is 75.7 Å². The van der Waals surface area contributed by atoms with E-state index in [9.17, 15) is 13.2 Å². The smallest absolute Gasteiger partial charge is 0.323 e. The molecule has 0 rings (SSSR count). The molecule has 0 unspecified atom stereocenters. The van der Waals surface area contributed by atoms with Gasteiger partial charge in [0.2, 0.25) is 0 Å². The van der Waals surface area contributed by atoms with E-state index < -0.39 is 22.2 Å². The van der Waals surface area contributed by atoms with E-state index in [1.807, 2.05) is 0 Å². The molecule has 0 radical (unpaired) electrons. The first-order chi connectivity index (χ1) is 6.88. The van der Waals surface area contributed by atoms with Crippen molar-refractivity contribution in [1.82, 2.24) is 9.03 Å². The molecule has 0 aliphatic rings. The summed E-state index contributed by atoms with van der Waals surface area (Å²) in [5.74, 6) is -0.606. The molecule has 0 saturated carbocycles. The first kappa shape index (κ1) is 14.3. The summed E-state index contributed by atoms with van der Waals surface area (Å²) in [5.41, 5.74) is 0. The van der Waals surface area contributed by atoms with Crippen LogP contribution >= 0.6 is 0 Å². The Balaban J connectivity index is 4.57. The highest BCUT2D eigenvalue weighted by Gasteiger charge is 2.24. The Kier molecular flexibility index (Phi) is 5.77. The standard InChI is InChI=1S/C8H18N2O4S/c1-5-10(6-2)15(12,13)9-7(3)8(11)14-4/h7,9H,5-6H2,1-4H3/t7-/m0/s1. The Hall–Kier alpha value is -0.660. The summed E-state index contributed by atoms with van der Waals surface area (Å²) in [6.07, 6.45) is 0. The monoisotopic (exact) mass is 238 g/mol. The summed E-state index contributed by atoms with van der Waals surface area (Å²) in [7, 11) is -2.38. The van der Waals surface area contributed by atoms with E-state index in [1.54, 1.807) is 13.8 Å². The van der Waals surface area contributed by atoms with Gasteiger partial charge in [0.1, 0.15) is 6.04 Å². The number of nitrogens with one attached hydrogen (secondary N) is 1. The zero-order valence-corrected chi connectivity index (χ0v) is 10.3. The number of methoxy groups -OCH3 is 1. The van der Waals surface area contributed by atoms with Crippen molar-refractivity contribution in [1.29, 1.82) is 0 Å². The van der Waals surface area contributed by atoms with Gasteiger partial charge in [-0.05, 0) is 6.92 Å². The number of ether oxygens (including phenoxy) is 1. The molecule has 0 heterocycles. The highest BCUT2D eigenvalue weighted by atomic mass is 32.2. The highest BCUT2D eigenvalue weighted by molar-refractivity contribution is 7.87. The second kappa shape index (κ2) is 6.04. The van der Waals surface area contributed by atoms with Gasteiger partial charge in [0.05, 0.1) is 7.11 Å². The SMILES string of the molecule is CCN(CC)S(=O)(=O)N[C@@H](C)C(=O)OC. The fourth-order valence-corrected chi connectivity index (χ4v) is 2.46. The van der Waals surface area contributed by atoms with E-state index in [-0.39, 0.29) is 0 Å². The molecule has 0 aromatic rings. The average Bonchev–Trinajstić information content (AvgIpc) is 2.17. The van der Waals surface area contributed by atoms with Crippen molar-refractivity contribution >= 4 is 16.2 Å². The Morgan fingerprint density at radius 3 is 2.20 bits per heavy atom. The lowest BCUT2D eigenvalue weighted by molar-refractivity contribution is -0.142. The fraction of sp³-hybridized carbons (Fsp3) is 0.875. The quantitative estimate of drug-likeness (QED) is 0.646. The maximum atomic E-state index is 11.6. The van der Waals surface area contributed by atoms with Crippen LogP contribution in [0.3, 0.4) is 0 Å². The molecule has 0 spiro atoms. The molecule has 1 atom stereocenters. The molecule has 0 bridgehead atoms. The van der Waals surface area contributed by atoms with Crippen LogP contribution in [-0.2, 0) is 19.7 Å². The number of carbonyl (C=O) groups is 1. The van der Waals surface area contributed by atoms with Gasteiger partial charge < -0.3 is 4.74 Å². The number of hydrogen-bond acceptors (Lipinski definition) is 4. The van der Waals surface area contributed by atoms with Crippen LogP contribution in [0.2, 0.25) is 0 Å². The van der Waals surface area contributed by atoms with Crippen LogP contribution in [0.1, 0.15) is 20.8 Å². The summed E-state index contributed by atoms with van der Waals surface area (Å²) in [5, 5.41) is 0. The van der Waals surface area contributed by atoms with Gasteiger partial charge in [-0.2, -0.15) is 17.4 Å². The summed E-state index contributed by atoms with van der Waals surface area (Å²) in [4.78, 5) is 11.0. The molecule has 0 saturated heterocycles. The van der Waals surface area contributed by atoms with Crippen molar-refractivity contribution in [2.75, 3.05) is 20.2 Å². The Bertz CT molecular complexity index is 298. The van der Waals surface area contributed by atoms with Gasteiger partial charge in [-0.25, -0.2) is 0 Å². The van der Waals surface area contributed by atoms with E-state index in [0.717, 1.165) is 0 Å². The largest absolute Gasteiger partial charge is 0.468 e. The summed E-state index contributed by atoms with van der Waals surface area (Å²) < 4.78 is 31.1. The molecule has 0 amide bonds. The minimum atomic E-state index is -3.59. The lowest BCUT2D eigenvalue weighted by atomic mass is 10.4. The van der Waals surface area contributed by atoms with Crippen molar-refractivity contribution in [2.45, 2.75) is 26.8 Å². The van der Waals surface area contributed by atoms with Crippen LogP contribution in [0, 0.1) is 0 Å². The van der Waals surface area contributed by atoms with Crippen molar-refractivity contribution in [3.8, 4) is 0 Å². The molecule has 7 heteroatoms. The normalized spacial score (nSPS) is 13.9. The molecule has 0 aromatic carbocycles. The summed E-state index contributed by atoms with van der Waals surface area (Å²) in [6, 6.07) is -0.874. The second-order valence-corrected chi connectivity index (χ2v) is 4.65. The summed E-state index contributed by atoms with van der Waals surface area (Å²) >= 11 is 0. The van der Waals surface area contributed by atoms with Crippen LogP contribution in [0.25, 0.3) is 0 Å². The van der Waals surface area contributed by atoms with E-state index in [4.69, 9.17) is 0 Å². The van der Waals surface area contributed by atoms with Crippen LogP contribution in [0.4, 0.5) is 0 Å². The fourth-order valence-electron chi connectivity index (χ4n) is 1.09. The van der Waals surface area contributed by atoms with Crippen molar-refractivity contribution < 1.29 is 17.9 Å². The molecule has 6 nitrogen and oxygen atoms in total. The van der Waals surface area contributed by atoms with E-state index >= 15 is 0 Å². The molecule has 0 aliphatic carbocycles. The third-order valence-corrected chi connectivity index (χ3v) is 3.77. The van der Waals surface area contributed by atoms with Gasteiger partial charge in [0.25, 0.3) is 10.2 Å². The maximum Gasteiger partial charge on any atom is 0.323 e. The molecule has 0 aliphatic heterocycles. The average molecular weight is 238 g/mol. The number of carbonyl (C=O) groups excluding carboxylic acids is 1. The minimum Gasteiger partial charge on any atom is -0.468 e. The molecule has 0 fully saturated rings. The van der Waals surface area contributed by atoms with Crippen molar-refractivity contribution in [3.63, 3.8) is 0 Å². The van der Waals surface area contributed by atoms with Gasteiger partial charge in [0, 0.05) is 13.1 Å². The predicted molar refractivity (Wildman–Crippen MR) is 56.5 cm³/mol. The number of esters is 1. The Labute approximate surface area is 90.8 Å². The maximum absolute atomic E-state index is 11.6. The van der Waals surface area contributed by atoms with Crippen LogP contribution in [-0.4, -0.2) is 44.9 Å². The second-order valence-electron chi connectivity index (χ2n) is 2.95. The van der Waals surface area contributed by atoms with Gasteiger partial charge >= 0.3 is 5.97 Å². The zero-order chi connectivity index (χ0) is 12.1. The molecule has 15 heavy (non-hydrogen) atoms.